The average Bonchev–Trinajstić information content (AvgIpc) is 2.86. The average molecular weight is 552 g/mol. The third-order valence-electron chi connectivity index (χ3n) is 7.74. The summed E-state index contributed by atoms with van der Waals surface area (Å²) >= 11 is 6.37. The molecule has 2 aromatic carbocycles. The maximum Gasteiger partial charge on any atom is 0.430 e. The first kappa shape index (κ1) is 28.2. The van der Waals surface area contributed by atoms with Crippen LogP contribution in [0.25, 0.3) is 0 Å². The number of piperidine rings is 1. The number of halogens is 4. The minimum absolute atomic E-state index is 0.140. The Labute approximate surface area is 225 Å². The number of carbonyl (C=O) groups is 2. The van der Waals surface area contributed by atoms with Gasteiger partial charge >= 0.3 is 6.18 Å². The van der Waals surface area contributed by atoms with Gasteiger partial charge in [0.25, 0.3) is 17.4 Å². The lowest BCUT2D eigenvalue weighted by Gasteiger charge is -2.41. The summed E-state index contributed by atoms with van der Waals surface area (Å²) in [5.74, 6) is -0.740. The molecule has 0 spiro atoms. The molecule has 0 radical (unpaired) electrons. The summed E-state index contributed by atoms with van der Waals surface area (Å²) in [5, 5.41) is 13.3. The van der Waals surface area contributed by atoms with Crippen molar-refractivity contribution in [2.75, 3.05) is 32.1 Å². The summed E-state index contributed by atoms with van der Waals surface area (Å²) in [6.07, 6.45) is -1.02. The number of hydrogen-bond acceptors (Lipinski definition) is 4. The number of benzene rings is 2. The van der Waals surface area contributed by atoms with E-state index < -0.39 is 23.2 Å². The van der Waals surface area contributed by atoms with E-state index in [9.17, 15) is 27.9 Å². The Balaban J connectivity index is 1.25. The first-order valence-corrected chi connectivity index (χ1v) is 13.2. The van der Waals surface area contributed by atoms with Crippen LogP contribution in [0.2, 0.25) is 5.02 Å². The van der Waals surface area contributed by atoms with Crippen molar-refractivity contribution in [3.05, 3.63) is 64.7 Å². The van der Waals surface area contributed by atoms with Crippen LogP contribution < -0.4 is 10.2 Å². The summed E-state index contributed by atoms with van der Waals surface area (Å²) in [7, 11) is 3.37. The highest BCUT2D eigenvalue weighted by molar-refractivity contribution is 6.34. The minimum atomic E-state index is -5.14. The molecule has 1 aliphatic heterocycles. The van der Waals surface area contributed by atoms with E-state index in [2.05, 4.69) is 10.2 Å². The fourth-order valence-corrected chi connectivity index (χ4v) is 5.71. The second-order valence-electron chi connectivity index (χ2n) is 10.6. The van der Waals surface area contributed by atoms with Crippen molar-refractivity contribution in [3.63, 3.8) is 0 Å². The number of hydrogen-bond donors (Lipinski definition) is 2. The van der Waals surface area contributed by atoms with Crippen LogP contribution >= 0.6 is 11.6 Å². The molecule has 0 bridgehead atoms. The van der Waals surface area contributed by atoms with Gasteiger partial charge in [-0.1, -0.05) is 41.9 Å². The zero-order valence-electron chi connectivity index (χ0n) is 21.5. The number of nitrogens with one attached hydrogen (secondary N) is 1. The third-order valence-corrected chi connectivity index (χ3v) is 8.05. The Morgan fingerprint density at radius 3 is 2.24 bits per heavy atom. The van der Waals surface area contributed by atoms with E-state index in [0.717, 1.165) is 50.2 Å². The first-order valence-electron chi connectivity index (χ1n) is 12.8. The van der Waals surface area contributed by atoms with E-state index >= 15 is 0 Å². The fraction of sp³-hybridized carbons (Fsp3) is 0.500. The normalized spacial score (nSPS) is 21.8. The largest absolute Gasteiger partial charge is 0.430 e. The SMILES string of the molecule is CN(C)C(=O)c1ccc(N2CCC(CC3CC(NC(=O)[C@](O)(c4ccccc4)C(F)(F)F)C3)CC2)cc1Cl. The van der Waals surface area contributed by atoms with Gasteiger partial charge in [-0.15, -0.1) is 0 Å². The van der Waals surface area contributed by atoms with Gasteiger partial charge in [0.1, 0.15) is 0 Å². The number of aliphatic hydroxyl groups is 1. The van der Waals surface area contributed by atoms with Gasteiger partial charge in [0.05, 0.1) is 10.6 Å². The van der Waals surface area contributed by atoms with E-state index in [4.69, 9.17) is 11.6 Å². The molecule has 2 fully saturated rings. The summed E-state index contributed by atoms with van der Waals surface area (Å²) in [4.78, 5) is 28.5. The Hall–Kier alpha value is -2.78. The summed E-state index contributed by atoms with van der Waals surface area (Å²) in [6, 6.07) is 11.6. The van der Waals surface area contributed by atoms with Gasteiger partial charge < -0.3 is 20.2 Å². The van der Waals surface area contributed by atoms with Crippen molar-refractivity contribution < 1.29 is 27.9 Å². The lowest BCUT2D eigenvalue weighted by atomic mass is 9.73. The van der Waals surface area contributed by atoms with Gasteiger partial charge in [-0.05, 0) is 62.1 Å². The Bertz CT molecular complexity index is 1150. The number of amides is 2. The molecule has 0 unspecified atom stereocenters. The monoisotopic (exact) mass is 551 g/mol. The van der Waals surface area contributed by atoms with Gasteiger partial charge in [-0.25, -0.2) is 0 Å². The molecule has 38 heavy (non-hydrogen) atoms. The molecule has 2 N–H and O–H groups in total. The van der Waals surface area contributed by atoms with Gasteiger partial charge in [0, 0.05) is 44.5 Å². The maximum absolute atomic E-state index is 13.7. The third kappa shape index (κ3) is 5.78. The molecule has 1 heterocycles. The van der Waals surface area contributed by atoms with E-state index in [1.165, 1.54) is 23.1 Å². The van der Waals surface area contributed by atoms with Crippen LogP contribution in [0.5, 0.6) is 0 Å². The molecule has 2 aromatic rings. The Morgan fingerprint density at radius 2 is 1.68 bits per heavy atom. The fourth-order valence-electron chi connectivity index (χ4n) is 5.45. The number of carbonyl (C=O) groups excluding carboxylic acids is 2. The van der Waals surface area contributed by atoms with Crippen LogP contribution in [0.3, 0.4) is 0 Å². The van der Waals surface area contributed by atoms with Crippen molar-refractivity contribution in [1.82, 2.24) is 10.2 Å². The van der Waals surface area contributed by atoms with Crippen molar-refractivity contribution >= 4 is 29.1 Å². The van der Waals surface area contributed by atoms with Gasteiger partial charge in [0.2, 0.25) is 0 Å². The topological polar surface area (TPSA) is 72.9 Å². The van der Waals surface area contributed by atoms with Crippen LogP contribution in [0, 0.1) is 11.8 Å². The molecule has 10 heteroatoms. The molecule has 2 amide bonds. The lowest BCUT2D eigenvalue weighted by Crippen LogP contribution is -2.58. The molecule has 4 rings (SSSR count). The van der Waals surface area contributed by atoms with Crippen molar-refractivity contribution in [3.8, 4) is 0 Å². The Kier molecular flexibility index (Phi) is 8.28. The predicted molar refractivity (Wildman–Crippen MR) is 140 cm³/mol. The summed E-state index contributed by atoms with van der Waals surface area (Å²) in [6.45, 7) is 1.70. The summed E-state index contributed by atoms with van der Waals surface area (Å²) < 4.78 is 41.2. The van der Waals surface area contributed by atoms with Crippen LogP contribution in [-0.4, -0.2) is 61.2 Å². The van der Waals surface area contributed by atoms with Crippen LogP contribution in [0.15, 0.2) is 48.5 Å². The molecule has 0 aromatic heterocycles. The minimum Gasteiger partial charge on any atom is -0.371 e. The smallest absolute Gasteiger partial charge is 0.371 e. The predicted octanol–water partition coefficient (Wildman–Crippen LogP) is 4.99. The maximum atomic E-state index is 13.7. The molecule has 1 atom stereocenters. The molecule has 6 nitrogen and oxygen atoms in total. The quantitative estimate of drug-likeness (QED) is 0.508. The van der Waals surface area contributed by atoms with E-state index in [-0.39, 0.29) is 11.9 Å². The van der Waals surface area contributed by atoms with Crippen molar-refractivity contribution in [1.29, 1.82) is 0 Å². The number of alkyl halides is 3. The second kappa shape index (κ2) is 11.1. The molecule has 2 aliphatic rings. The van der Waals surface area contributed by atoms with Crippen molar-refractivity contribution in [2.45, 2.75) is 49.9 Å². The van der Waals surface area contributed by atoms with Crippen LogP contribution in [0.4, 0.5) is 18.9 Å². The first-order chi connectivity index (χ1) is 17.9. The van der Waals surface area contributed by atoms with E-state index in [1.54, 1.807) is 20.2 Å². The lowest BCUT2D eigenvalue weighted by molar-refractivity contribution is -0.257. The highest BCUT2D eigenvalue weighted by atomic mass is 35.5. The van der Waals surface area contributed by atoms with Crippen molar-refractivity contribution in [2.24, 2.45) is 11.8 Å². The number of nitrogens with zero attached hydrogens (tertiary/aromatic N) is 2. The molecule has 1 saturated heterocycles. The number of rotatable bonds is 7. The van der Waals surface area contributed by atoms with E-state index in [1.807, 2.05) is 12.1 Å². The number of anilines is 1. The molecule has 206 valence electrons. The standard InChI is InChI=1S/C28H33ClF3N3O3/c1-34(2)25(36)23-9-8-22(17-24(23)29)35-12-10-18(11-13-35)14-19-15-21(16-19)33-26(37)27(38,28(30,31)32)20-6-4-3-5-7-20/h3-9,17-19,21,38H,10-16H2,1-2H3,(H,33,37)/t19?,21?,27-/m1/s1. The van der Waals surface area contributed by atoms with Gasteiger partial charge in [-0.2, -0.15) is 13.2 Å². The molecular weight excluding hydrogens is 519 g/mol. The Morgan fingerprint density at radius 1 is 1.05 bits per heavy atom. The second-order valence-corrected chi connectivity index (χ2v) is 11.0. The molecule has 1 saturated carbocycles. The zero-order valence-corrected chi connectivity index (χ0v) is 22.2. The van der Waals surface area contributed by atoms with E-state index in [0.29, 0.717) is 35.3 Å². The zero-order chi connectivity index (χ0) is 27.7. The highest BCUT2D eigenvalue weighted by Gasteiger charge is 2.61. The van der Waals surface area contributed by atoms with Gasteiger partial charge in [-0.3, -0.25) is 9.59 Å². The molecule has 1 aliphatic carbocycles. The molecular formula is C28H33ClF3N3O3. The summed E-state index contributed by atoms with van der Waals surface area (Å²) in [5.41, 5.74) is -2.62. The highest BCUT2D eigenvalue weighted by Crippen LogP contribution is 2.41. The van der Waals surface area contributed by atoms with Crippen LogP contribution in [-0.2, 0) is 10.4 Å². The van der Waals surface area contributed by atoms with Crippen LogP contribution in [0.1, 0.15) is 48.0 Å². The van der Waals surface area contributed by atoms with Gasteiger partial charge in [0.15, 0.2) is 0 Å².